The number of rotatable bonds is 2. The van der Waals surface area contributed by atoms with Crippen LogP contribution in [0.15, 0.2) is 24.8 Å². The lowest BCUT2D eigenvalue weighted by atomic mass is 10.1. The number of hydrogen-bond acceptors (Lipinski definition) is 5. The normalized spacial score (nSPS) is 10.2. The van der Waals surface area contributed by atoms with Crippen LogP contribution in [0.2, 0.25) is 0 Å². The maximum Gasteiger partial charge on any atom is 0.337 e. The van der Waals surface area contributed by atoms with Crippen molar-refractivity contribution in [3.63, 3.8) is 0 Å². The van der Waals surface area contributed by atoms with E-state index in [1.54, 1.807) is 6.07 Å². The van der Waals surface area contributed by atoms with E-state index in [1.807, 2.05) is 12.1 Å². The molecule has 0 aliphatic heterocycles. The van der Waals surface area contributed by atoms with Crippen molar-refractivity contribution < 1.29 is 9.53 Å². The second-order valence-electron chi connectivity index (χ2n) is 2.91. The number of hydrogen-bond donors (Lipinski definition) is 0. The fourth-order valence-corrected chi connectivity index (χ4v) is 1.83. The molecule has 1 aromatic carbocycles. The van der Waals surface area contributed by atoms with Crippen molar-refractivity contribution >= 4 is 34.3 Å². The number of ether oxygens (including phenoxy) is 1. The summed E-state index contributed by atoms with van der Waals surface area (Å²) in [6.45, 7) is 3.69. The highest BCUT2D eigenvalue weighted by molar-refractivity contribution is 7.00. The molecular weight excluding hydrogens is 212 g/mol. The summed E-state index contributed by atoms with van der Waals surface area (Å²) in [5.74, 6) is -0.449. The van der Waals surface area contributed by atoms with E-state index < -0.39 is 5.97 Å². The molecule has 2 aromatic rings. The van der Waals surface area contributed by atoms with Gasteiger partial charge in [0, 0.05) is 5.56 Å². The summed E-state index contributed by atoms with van der Waals surface area (Å²) in [4.78, 5) is 11.3. The molecule has 76 valence electrons. The predicted molar refractivity (Wildman–Crippen MR) is 58.5 cm³/mol. The van der Waals surface area contributed by atoms with E-state index in [1.165, 1.54) is 7.11 Å². The van der Waals surface area contributed by atoms with E-state index in [2.05, 4.69) is 20.1 Å². The van der Waals surface area contributed by atoms with Crippen molar-refractivity contribution in [3.8, 4) is 0 Å². The quantitative estimate of drug-likeness (QED) is 0.572. The molecule has 0 saturated carbocycles. The second-order valence-corrected chi connectivity index (χ2v) is 3.44. The number of nitrogens with zero attached hydrogens (tertiary/aromatic N) is 2. The number of carbonyl (C=O) groups excluding carboxylic acids is 1. The van der Waals surface area contributed by atoms with Crippen molar-refractivity contribution in [1.82, 2.24) is 8.75 Å². The Balaban J connectivity index is 2.56. The van der Waals surface area contributed by atoms with Crippen LogP contribution in [0.3, 0.4) is 0 Å². The van der Waals surface area contributed by atoms with Crippen molar-refractivity contribution in [2.24, 2.45) is 0 Å². The van der Waals surface area contributed by atoms with Gasteiger partial charge >= 0.3 is 5.97 Å². The zero-order valence-electron chi connectivity index (χ0n) is 8.06. The standard InChI is InChI=1S/C10H8N2O2S/c1-6(10(13)14-2)7-4-3-5-8-9(7)12-15-11-8/h3-5H,1H2,2H3. The first-order valence-corrected chi connectivity index (χ1v) is 4.96. The molecule has 0 bridgehead atoms. The number of esters is 1. The second kappa shape index (κ2) is 3.78. The molecule has 0 atom stereocenters. The summed E-state index contributed by atoms with van der Waals surface area (Å²) in [7, 11) is 1.33. The summed E-state index contributed by atoms with van der Waals surface area (Å²) in [5, 5.41) is 0. The minimum absolute atomic E-state index is 0.302. The van der Waals surface area contributed by atoms with Crippen LogP contribution >= 0.6 is 11.7 Å². The third kappa shape index (κ3) is 1.61. The van der Waals surface area contributed by atoms with Crippen LogP contribution < -0.4 is 0 Å². The average Bonchev–Trinajstić information content (AvgIpc) is 2.74. The van der Waals surface area contributed by atoms with Crippen LogP contribution in [0.5, 0.6) is 0 Å². The Morgan fingerprint density at radius 3 is 3.00 bits per heavy atom. The molecule has 0 unspecified atom stereocenters. The largest absolute Gasteiger partial charge is 0.465 e. The molecule has 0 aliphatic carbocycles. The highest BCUT2D eigenvalue weighted by Gasteiger charge is 2.14. The summed E-state index contributed by atoms with van der Waals surface area (Å²) >= 11 is 1.11. The summed E-state index contributed by atoms with van der Waals surface area (Å²) in [6.07, 6.45) is 0. The Hall–Kier alpha value is -1.75. The molecule has 1 aromatic heterocycles. The predicted octanol–water partition coefficient (Wildman–Crippen LogP) is 1.88. The van der Waals surface area contributed by atoms with Gasteiger partial charge in [0.2, 0.25) is 0 Å². The Morgan fingerprint density at radius 2 is 2.27 bits per heavy atom. The van der Waals surface area contributed by atoms with Crippen LogP contribution in [0.1, 0.15) is 5.56 Å². The Kier molecular flexibility index (Phi) is 2.47. The molecule has 0 saturated heterocycles. The van der Waals surface area contributed by atoms with E-state index >= 15 is 0 Å². The number of carbonyl (C=O) groups is 1. The lowest BCUT2D eigenvalue weighted by Gasteiger charge is -2.03. The molecule has 2 rings (SSSR count). The van der Waals surface area contributed by atoms with E-state index in [0.717, 1.165) is 17.2 Å². The lowest BCUT2D eigenvalue weighted by Crippen LogP contribution is -2.02. The molecule has 0 spiro atoms. The average molecular weight is 220 g/mol. The van der Waals surface area contributed by atoms with Crippen LogP contribution in [0.25, 0.3) is 16.6 Å². The highest BCUT2D eigenvalue weighted by atomic mass is 32.1. The molecule has 4 nitrogen and oxygen atoms in total. The fraction of sp³-hybridized carbons (Fsp3) is 0.100. The van der Waals surface area contributed by atoms with Crippen molar-refractivity contribution in [1.29, 1.82) is 0 Å². The van der Waals surface area contributed by atoms with Gasteiger partial charge in [-0.05, 0) is 6.07 Å². The minimum Gasteiger partial charge on any atom is -0.465 e. The summed E-state index contributed by atoms with van der Waals surface area (Å²) < 4.78 is 12.8. The smallest absolute Gasteiger partial charge is 0.337 e. The first-order chi connectivity index (χ1) is 7.24. The van der Waals surface area contributed by atoms with Gasteiger partial charge in [0.05, 0.1) is 24.4 Å². The zero-order valence-corrected chi connectivity index (χ0v) is 8.87. The molecular formula is C10H8N2O2S. The van der Waals surface area contributed by atoms with Gasteiger partial charge in [-0.2, -0.15) is 8.75 Å². The van der Waals surface area contributed by atoms with E-state index in [9.17, 15) is 4.79 Å². The number of methoxy groups -OCH3 is 1. The molecule has 0 aliphatic rings. The fourth-order valence-electron chi connectivity index (χ4n) is 1.28. The molecule has 0 N–H and O–H groups in total. The third-order valence-corrected chi connectivity index (χ3v) is 2.59. The van der Waals surface area contributed by atoms with Gasteiger partial charge in [0.1, 0.15) is 11.0 Å². The summed E-state index contributed by atoms with van der Waals surface area (Å²) in [5.41, 5.74) is 2.43. The summed E-state index contributed by atoms with van der Waals surface area (Å²) in [6, 6.07) is 5.43. The highest BCUT2D eigenvalue weighted by Crippen LogP contribution is 2.23. The maximum atomic E-state index is 11.3. The van der Waals surface area contributed by atoms with Gasteiger partial charge in [-0.1, -0.05) is 18.7 Å². The Morgan fingerprint density at radius 1 is 1.47 bits per heavy atom. The van der Waals surface area contributed by atoms with E-state index in [4.69, 9.17) is 0 Å². The minimum atomic E-state index is -0.449. The first-order valence-electron chi connectivity index (χ1n) is 4.23. The van der Waals surface area contributed by atoms with Crippen LogP contribution in [-0.4, -0.2) is 21.8 Å². The number of aromatic nitrogens is 2. The van der Waals surface area contributed by atoms with Gasteiger partial charge in [-0.3, -0.25) is 0 Å². The molecule has 0 fully saturated rings. The van der Waals surface area contributed by atoms with Gasteiger partial charge < -0.3 is 4.74 Å². The topological polar surface area (TPSA) is 52.1 Å². The monoisotopic (exact) mass is 220 g/mol. The zero-order chi connectivity index (χ0) is 10.8. The van der Waals surface area contributed by atoms with Gasteiger partial charge in [0.15, 0.2) is 0 Å². The van der Waals surface area contributed by atoms with Gasteiger partial charge in [-0.15, -0.1) is 0 Å². The first kappa shape index (κ1) is 9.79. The Bertz CT molecular complexity index is 533. The maximum absolute atomic E-state index is 11.3. The third-order valence-electron chi connectivity index (χ3n) is 2.04. The number of benzene rings is 1. The van der Waals surface area contributed by atoms with Crippen molar-refractivity contribution in [2.75, 3.05) is 7.11 Å². The van der Waals surface area contributed by atoms with E-state index in [0.29, 0.717) is 16.7 Å². The van der Waals surface area contributed by atoms with Crippen LogP contribution in [-0.2, 0) is 9.53 Å². The molecule has 15 heavy (non-hydrogen) atoms. The van der Waals surface area contributed by atoms with Gasteiger partial charge in [0.25, 0.3) is 0 Å². The van der Waals surface area contributed by atoms with Crippen LogP contribution in [0, 0.1) is 0 Å². The molecule has 1 heterocycles. The van der Waals surface area contributed by atoms with E-state index in [-0.39, 0.29) is 0 Å². The Labute approximate surface area is 90.5 Å². The lowest BCUT2D eigenvalue weighted by molar-refractivity contribution is -0.133. The van der Waals surface area contributed by atoms with Crippen molar-refractivity contribution in [2.45, 2.75) is 0 Å². The van der Waals surface area contributed by atoms with Crippen molar-refractivity contribution in [3.05, 3.63) is 30.3 Å². The molecule has 5 heteroatoms. The molecule has 0 amide bonds. The molecule has 0 radical (unpaired) electrons. The van der Waals surface area contributed by atoms with Crippen LogP contribution in [0.4, 0.5) is 0 Å². The SMILES string of the molecule is C=C(C(=O)OC)c1cccc2nsnc12. The van der Waals surface area contributed by atoms with Gasteiger partial charge in [-0.25, -0.2) is 4.79 Å². The number of fused-ring (bicyclic) bond motifs is 1.